The minimum absolute atomic E-state index is 0.597. The van der Waals surface area contributed by atoms with E-state index in [2.05, 4.69) is 15.5 Å². The first-order chi connectivity index (χ1) is 3.30. The van der Waals surface area contributed by atoms with E-state index in [1.54, 1.807) is 11.7 Å². The zero-order valence-electron chi connectivity index (χ0n) is 3.80. The molecule has 1 aromatic rings. The predicted molar refractivity (Wildman–Crippen MR) is 24.9 cm³/mol. The number of H-pyrrole nitrogens is 2. The monoisotopic (exact) mass is 117 g/mol. The highest BCUT2D eigenvalue weighted by molar-refractivity contribution is 7.71. The van der Waals surface area contributed by atoms with Gasteiger partial charge < -0.3 is 0 Å². The molecule has 0 bridgehead atoms. The summed E-state index contributed by atoms with van der Waals surface area (Å²) in [6.45, 7) is 0. The van der Waals surface area contributed by atoms with Crippen molar-refractivity contribution < 1.29 is 5.10 Å². The van der Waals surface area contributed by atoms with Crippen molar-refractivity contribution in [2.45, 2.75) is 0 Å². The first-order valence-corrected chi connectivity index (χ1v) is 2.20. The molecule has 38 valence electrons. The van der Waals surface area contributed by atoms with Gasteiger partial charge in [-0.15, -0.1) is 9.78 Å². The lowest BCUT2D eigenvalue weighted by Crippen LogP contribution is -2.02. The van der Waals surface area contributed by atoms with Crippen molar-refractivity contribution in [3.63, 3.8) is 0 Å². The number of rotatable bonds is 0. The fourth-order valence-electron chi connectivity index (χ4n) is 0.268. The van der Waals surface area contributed by atoms with Gasteiger partial charge in [0.2, 0.25) is 0 Å². The van der Waals surface area contributed by atoms with Crippen molar-refractivity contribution in [3.8, 4) is 0 Å². The van der Waals surface area contributed by atoms with Crippen LogP contribution in [-0.4, -0.2) is 15.1 Å². The van der Waals surface area contributed by atoms with Crippen LogP contribution in [0, 0.1) is 4.77 Å². The van der Waals surface area contributed by atoms with Gasteiger partial charge in [-0.05, 0) is 12.2 Å². The Hall–Kier alpha value is -0.710. The minimum Gasteiger partial charge on any atom is -0.141 e. The summed E-state index contributed by atoms with van der Waals surface area (Å²) in [6, 6.07) is 0. The average molecular weight is 117 g/mol. The largest absolute Gasteiger partial charge is 0.343 e. The Labute approximate surface area is 45.1 Å². The maximum atomic E-state index is 4.70. The molecule has 0 spiro atoms. The van der Waals surface area contributed by atoms with E-state index in [0.717, 1.165) is 0 Å². The second-order valence-electron chi connectivity index (χ2n) is 1.19. The van der Waals surface area contributed by atoms with Gasteiger partial charge in [-0.2, -0.15) is 0 Å². The van der Waals surface area contributed by atoms with Crippen LogP contribution in [0.4, 0.5) is 0 Å². The Bertz CT molecular complexity index is 197. The lowest BCUT2D eigenvalue weighted by Gasteiger charge is -1.66. The van der Waals surface area contributed by atoms with Crippen LogP contribution in [0.25, 0.3) is 0 Å². The molecule has 0 unspecified atom stereocenters. The van der Waals surface area contributed by atoms with Gasteiger partial charge in [0.25, 0.3) is 0 Å². The number of hydrogen-bond acceptors (Lipinski definition) is 2. The molecule has 0 saturated heterocycles. The molecule has 0 atom stereocenters. The molecule has 7 heavy (non-hydrogen) atoms. The Balaban J connectivity index is 3.39. The van der Waals surface area contributed by atoms with E-state index in [1.165, 1.54) is 0 Å². The van der Waals surface area contributed by atoms with Crippen molar-refractivity contribution in [1.29, 1.82) is 0 Å². The first kappa shape index (κ1) is 4.45. The summed E-state index contributed by atoms with van der Waals surface area (Å²) in [5.74, 6) is 0. The van der Waals surface area contributed by atoms with Crippen molar-refractivity contribution in [3.05, 3.63) is 4.77 Å². The summed E-state index contributed by atoms with van der Waals surface area (Å²) in [6.07, 6.45) is 0. The lowest BCUT2D eigenvalue weighted by molar-refractivity contribution is -0.464. The Morgan fingerprint density at radius 2 is 2.71 bits per heavy atom. The molecule has 0 aromatic carbocycles. The number of aryl methyl sites for hydroxylation is 1. The highest BCUT2D eigenvalue weighted by Crippen LogP contribution is 1.65. The number of aromatic nitrogens is 4. The third-order valence-corrected chi connectivity index (χ3v) is 1.02. The van der Waals surface area contributed by atoms with Crippen molar-refractivity contribution in [2.75, 3.05) is 0 Å². The highest BCUT2D eigenvalue weighted by atomic mass is 32.1. The molecule has 4 nitrogen and oxygen atoms in total. The van der Waals surface area contributed by atoms with Crippen molar-refractivity contribution >= 4 is 12.2 Å². The van der Waals surface area contributed by atoms with Gasteiger partial charge >= 0.3 is 4.77 Å². The van der Waals surface area contributed by atoms with Crippen LogP contribution in [0.1, 0.15) is 0 Å². The molecule has 0 aliphatic heterocycles. The molecular formula is C2H5N4S+. The van der Waals surface area contributed by atoms with Gasteiger partial charge in [0, 0.05) is 0 Å². The third-order valence-electron chi connectivity index (χ3n) is 0.656. The van der Waals surface area contributed by atoms with Crippen LogP contribution in [0.3, 0.4) is 0 Å². The fraction of sp³-hybridized carbons (Fsp3) is 0.500. The molecule has 0 radical (unpaired) electrons. The normalized spacial score (nSPS) is 9.29. The van der Waals surface area contributed by atoms with Gasteiger partial charge in [0.1, 0.15) is 0 Å². The molecule has 0 saturated carbocycles. The molecule has 5 heteroatoms. The Kier molecular flexibility index (Phi) is 0.900. The minimum atomic E-state index is 0.597. The van der Waals surface area contributed by atoms with Crippen molar-refractivity contribution in [2.24, 2.45) is 7.05 Å². The van der Waals surface area contributed by atoms with E-state index in [0.29, 0.717) is 4.77 Å². The van der Waals surface area contributed by atoms with E-state index in [-0.39, 0.29) is 0 Å². The molecule has 0 aliphatic rings. The maximum absolute atomic E-state index is 4.70. The summed E-state index contributed by atoms with van der Waals surface area (Å²) in [4.78, 5) is 0. The third kappa shape index (κ3) is 0.663. The van der Waals surface area contributed by atoms with Gasteiger partial charge in [-0.1, -0.05) is 5.21 Å². The van der Waals surface area contributed by atoms with Crippen LogP contribution in [0.15, 0.2) is 0 Å². The fourth-order valence-corrected chi connectivity index (χ4v) is 0.355. The Morgan fingerprint density at radius 1 is 2.00 bits per heavy atom. The van der Waals surface area contributed by atoms with Crippen LogP contribution in [0.2, 0.25) is 0 Å². The highest BCUT2D eigenvalue weighted by Gasteiger charge is 1.88. The number of nitrogens with zero attached hydrogens (tertiary/aromatic N) is 2. The quantitative estimate of drug-likeness (QED) is 0.456. The second kappa shape index (κ2) is 1.42. The summed E-state index contributed by atoms with van der Waals surface area (Å²) in [7, 11) is 1.78. The maximum Gasteiger partial charge on any atom is 0.343 e. The molecule has 0 amide bonds. The standard InChI is InChI=1S/C2H4N4S/c1-6-2(7)3-4-5-6/h1H3,(H,3,5,7)/p+1. The molecule has 2 N–H and O–H groups in total. The molecule has 0 fully saturated rings. The molecule has 1 aromatic heterocycles. The summed E-state index contributed by atoms with van der Waals surface area (Å²) in [5, 5.41) is 8.65. The van der Waals surface area contributed by atoms with E-state index in [4.69, 9.17) is 12.2 Å². The van der Waals surface area contributed by atoms with Crippen LogP contribution < -0.4 is 5.10 Å². The molecule has 0 aliphatic carbocycles. The van der Waals surface area contributed by atoms with Crippen LogP contribution >= 0.6 is 12.2 Å². The van der Waals surface area contributed by atoms with E-state index in [1.807, 2.05) is 0 Å². The summed E-state index contributed by atoms with van der Waals surface area (Å²) in [5.41, 5.74) is 0. The molecule has 1 rings (SSSR count). The lowest BCUT2D eigenvalue weighted by atomic mass is 11.2. The van der Waals surface area contributed by atoms with E-state index in [9.17, 15) is 0 Å². The summed E-state index contributed by atoms with van der Waals surface area (Å²) < 4.78 is 2.20. The predicted octanol–water partition coefficient (Wildman–Crippen LogP) is -0.708. The van der Waals surface area contributed by atoms with Gasteiger partial charge in [0.05, 0.1) is 12.3 Å². The smallest absolute Gasteiger partial charge is 0.141 e. The first-order valence-electron chi connectivity index (χ1n) is 1.80. The number of aromatic amines is 2. The zero-order chi connectivity index (χ0) is 5.28. The Morgan fingerprint density at radius 3 is 2.86 bits per heavy atom. The molecular weight excluding hydrogens is 112 g/mol. The average Bonchev–Trinajstić information content (AvgIpc) is 1.91. The number of tetrazole rings is 1. The van der Waals surface area contributed by atoms with Gasteiger partial charge in [-0.25, -0.2) is 0 Å². The van der Waals surface area contributed by atoms with E-state index >= 15 is 0 Å². The topological polar surface area (TPSA) is 47.8 Å². The molecule has 1 heterocycles. The van der Waals surface area contributed by atoms with E-state index < -0.39 is 0 Å². The van der Waals surface area contributed by atoms with Crippen LogP contribution in [0.5, 0.6) is 0 Å². The zero-order valence-corrected chi connectivity index (χ0v) is 4.62. The summed E-state index contributed by atoms with van der Waals surface area (Å²) >= 11 is 4.70. The van der Waals surface area contributed by atoms with Gasteiger partial charge in [-0.3, -0.25) is 0 Å². The van der Waals surface area contributed by atoms with Gasteiger partial charge in [0.15, 0.2) is 0 Å². The SMILES string of the molecule is Cn1[nH]n[nH+]c1=S. The second-order valence-corrected chi connectivity index (χ2v) is 1.57. The number of nitrogens with one attached hydrogen (secondary N) is 2. The number of hydrogen-bond donors (Lipinski definition) is 1. The van der Waals surface area contributed by atoms with Crippen LogP contribution in [-0.2, 0) is 7.05 Å². The van der Waals surface area contributed by atoms with Crippen molar-refractivity contribution in [1.82, 2.24) is 15.1 Å².